The number of carbonyl (C=O) groups excluding carboxylic acids is 1. The average molecular weight is 284 g/mol. The van der Waals surface area contributed by atoms with Crippen molar-refractivity contribution in [2.24, 2.45) is 5.92 Å². The van der Waals surface area contributed by atoms with Gasteiger partial charge in [0.25, 0.3) is 5.91 Å². The van der Waals surface area contributed by atoms with E-state index in [1.165, 1.54) is 11.3 Å². The summed E-state index contributed by atoms with van der Waals surface area (Å²) in [7, 11) is 0. The van der Waals surface area contributed by atoms with Crippen molar-refractivity contribution in [2.75, 3.05) is 6.54 Å². The van der Waals surface area contributed by atoms with Crippen LogP contribution in [0.5, 0.6) is 0 Å². The summed E-state index contributed by atoms with van der Waals surface area (Å²) in [4.78, 5) is 27.9. The van der Waals surface area contributed by atoms with Crippen LogP contribution in [-0.4, -0.2) is 28.5 Å². The van der Waals surface area contributed by atoms with Gasteiger partial charge in [-0.05, 0) is 19.8 Å². The van der Waals surface area contributed by atoms with Crippen LogP contribution in [0.1, 0.15) is 47.1 Å². The van der Waals surface area contributed by atoms with Crippen molar-refractivity contribution in [3.8, 4) is 0 Å². The molecule has 1 amide bonds. The van der Waals surface area contributed by atoms with Crippen LogP contribution in [0.3, 0.4) is 0 Å². The molecule has 0 aliphatic heterocycles. The summed E-state index contributed by atoms with van der Waals surface area (Å²) >= 11 is 1.37. The average Bonchev–Trinajstić information content (AvgIpc) is 2.75. The molecule has 0 saturated heterocycles. The molecule has 0 aromatic carbocycles. The summed E-state index contributed by atoms with van der Waals surface area (Å²) in [5, 5.41) is 12.6. The molecule has 1 heterocycles. The zero-order valence-electron chi connectivity index (χ0n) is 11.5. The maximum atomic E-state index is 12.0. The van der Waals surface area contributed by atoms with Gasteiger partial charge < -0.3 is 10.4 Å². The van der Waals surface area contributed by atoms with Crippen molar-refractivity contribution in [3.63, 3.8) is 0 Å². The lowest BCUT2D eigenvalue weighted by Gasteiger charge is -2.11. The molecule has 1 rings (SSSR count). The number of carboxylic acids is 1. The molecule has 1 aromatic rings. The number of hydrogen-bond donors (Lipinski definition) is 2. The Kier molecular flexibility index (Phi) is 5.95. The third kappa shape index (κ3) is 4.31. The lowest BCUT2D eigenvalue weighted by atomic mass is 10.0. The molecule has 0 bridgehead atoms. The van der Waals surface area contributed by atoms with E-state index < -0.39 is 11.9 Å². The van der Waals surface area contributed by atoms with E-state index in [2.05, 4.69) is 10.3 Å². The van der Waals surface area contributed by atoms with Crippen molar-refractivity contribution in [2.45, 2.75) is 40.0 Å². The first-order valence-electron chi connectivity index (χ1n) is 6.46. The van der Waals surface area contributed by atoms with Gasteiger partial charge in [-0.15, -0.1) is 11.3 Å². The number of hydrogen-bond acceptors (Lipinski definition) is 4. The maximum Gasteiger partial charge on any atom is 0.308 e. The summed E-state index contributed by atoms with van der Waals surface area (Å²) in [6.45, 7) is 5.88. The normalized spacial score (nSPS) is 12.2. The maximum absolute atomic E-state index is 12.0. The highest BCUT2D eigenvalue weighted by Gasteiger charge is 2.19. The van der Waals surface area contributed by atoms with Crippen LogP contribution in [0.4, 0.5) is 0 Å². The number of aromatic nitrogens is 1. The fourth-order valence-corrected chi connectivity index (χ4v) is 2.69. The van der Waals surface area contributed by atoms with E-state index >= 15 is 0 Å². The molecule has 1 unspecified atom stereocenters. The Balaban J connectivity index is 2.63. The monoisotopic (exact) mass is 284 g/mol. The Bertz CT molecular complexity index is 457. The number of amides is 1. The van der Waals surface area contributed by atoms with E-state index in [9.17, 15) is 9.59 Å². The number of aryl methyl sites for hydroxylation is 2. The van der Waals surface area contributed by atoms with Crippen molar-refractivity contribution < 1.29 is 14.7 Å². The van der Waals surface area contributed by atoms with Crippen LogP contribution >= 0.6 is 11.3 Å². The molecule has 0 saturated carbocycles. The van der Waals surface area contributed by atoms with Gasteiger partial charge in [0.2, 0.25) is 0 Å². The van der Waals surface area contributed by atoms with Gasteiger partial charge in [0.05, 0.1) is 16.6 Å². The third-order valence-electron chi connectivity index (χ3n) is 2.84. The van der Waals surface area contributed by atoms with Crippen molar-refractivity contribution >= 4 is 23.2 Å². The van der Waals surface area contributed by atoms with Gasteiger partial charge in [0.15, 0.2) is 0 Å². The standard InChI is InChI=1S/C13H20N2O3S/c1-4-6-9(13(17)18)7-14-12(16)11-8(3)15-10(5-2)19-11/h9H,4-7H2,1-3H3,(H,14,16)(H,17,18). The number of aliphatic carboxylic acids is 1. The molecule has 0 aliphatic rings. The van der Waals surface area contributed by atoms with Crippen molar-refractivity contribution in [3.05, 3.63) is 15.6 Å². The van der Waals surface area contributed by atoms with Gasteiger partial charge in [0, 0.05) is 6.54 Å². The second kappa shape index (κ2) is 7.23. The van der Waals surface area contributed by atoms with Gasteiger partial charge in [-0.1, -0.05) is 20.3 Å². The number of nitrogens with zero attached hydrogens (tertiary/aromatic N) is 1. The predicted molar refractivity (Wildman–Crippen MR) is 74.6 cm³/mol. The number of thiazole rings is 1. The number of rotatable bonds is 7. The van der Waals surface area contributed by atoms with Gasteiger partial charge >= 0.3 is 5.97 Å². The van der Waals surface area contributed by atoms with Crippen LogP contribution in [0, 0.1) is 12.8 Å². The van der Waals surface area contributed by atoms with Gasteiger partial charge in [-0.3, -0.25) is 9.59 Å². The van der Waals surface area contributed by atoms with Crippen LogP contribution in [0.25, 0.3) is 0 Å². The first-order valence-corrected chi connectivity index (χ1v) is 7.28. The minimum absolute atomic E-state index is 0.167. The van der Waals surface area contributed by atoms with Crippen LogP contribution in [0.15, 0.2) is 0 Å². The Labute approximate surface area is 117 Å². The molecule has 0 fully saturated rings. The van der Waals surface area contributed by atoms with Gasteiger partial charge in [0.1, 0.15) is 4.88 Å². The number of nitrogens with one attached hydrogen (secondary N) is 1. The van der Waals surface area contributed by atoms with Crippen LogP contribution in [-0.2, 0) is 11.2 Å². The van der Waals surface area contributed by atoms with E-state index in [0.29, 0.717) is 17.0 Å². The minimum Gasteiger partial charge on any atom is -0.481 e. The first-order chi connectivity index (χ1) is 8.99. The molecular weight excluding hydrogens is 264 g/mol. The van der Waals surface area contributed by atoms with E-state index in [0.717, 1.165) is 17.8 Å². The summed E-state index contributed by atoms with van der Waals surface area (Å²) in [5.74, 6) is -1.61. The molecular formula is C13H20N2O3S. The fraction of sp³-hybridized carbons (Fsp3) is 0.615. The zero-order chi connectivity index (χ0) is 14.4. The smallest absolute Gasteiger partial charge is 0.308 e. The van der Waals surface area contributed by atoms with Crippen LogP contribution < -0.4 is 5.32 Å². The molecule has 0 aliphatic carbocycles. The molecule has 106 valence electrons. The molecule has 2 N–H and O–H groups in total. The summed E-state index contributed by atoms with van der Waals surface area (Å²) in [5.41, 5.74) is 0.710. The quantitative estimate of drug-likeness (QED) is 0.805. The Morgan fingerprint density at radius 3 is 2.58 bits per heavy atom. The minimum atomic E-state index is -0.863. The second-order valence-corrected chi connectivity index (χ2v) is 5.49. The highest BCUT2D eigenvalue weighted by molar-refractivity contribution is 7.13. The van der Waals surface area contributed by atoms with Crippen LogP contribution in [0.2, 0.25) is 0 Å². The predicted octanol–water partition coefficient (Wildman–Crippen LogP) is 2.24. The topological polar surface area (TPSA) is 79.3 Å². The molecule has 1 atom stereocenters. The molecule has 0 radical (unpaired) electrons. The highest BCUT2D eigenvalue weighted by Crippen LogP contribution is 2.18. The van der Waals surface area contributed by atoms with Gasteiger partial charge in [-0.25, -0.2) is 4.98 Å². The number of carbonyl (C=O) groups is 2. The lowest BCUT2D eigenvalue weighted by molar-refractivity contribution is -0.141. The third-order valence-corrected chi connectivity index (χ3v) is 4.15. The molecule has 19 heavy (non-hydrogen) atoms. The molecule has 6 heteroatoms. The molecule has 5 nitrogen and oxygen atoms in total. The van der Waals surface area contributed by atoms with Crippen molar-refractivity contribution in [1.82, 2.24) is 10.3 Å². The zero-order valence-corrected chi connectivity index (χ0v) is 12.3. The van der Waals surface area contributed by atoms with E-state index in [1.54, 1.807) is 6.92 Å². The summed E-state index contributed by atoms with van der Waals surface area (Å²) < 4.78 is 0. The Morgan fingerprint density at radius 2 is 2.11 bits per heavy atom. The van der Waals surface area contributed by atoms with E-state index in [4.69, 9.17) is 5.11 Å². The van der Waals surface area contributed by atoms with Crippen molar-refractivity contribution in [1.29, 1.82) is 0 Å². The SMILES string of the molecule is CCCC(CNC(=O)c1sc(CC)nc1C)C(=O)O. The Hall–Kier alpha value is -1.43. The largest absolute Gasteiger partial charge is 0.481 e. The fourth-order valence-electron chi connectivity index (χ4n) is 1.77. The highest BCUT2D eigenvalue weighted by atomic mass is 32.1. The summed E-state index contributed by atoms with van der Waals surface area (Å²) in [6.07, 6.45) is 2.15. The second-order valence-electron chi connectivity index (χ2n) is 4.41. The first kappa shape index (κ1) is 15.6. The van der Waals surface area contributed by atoms with E-state index in [1.807, 2.05) is 13.8 Å². The molecule has 1 aromatic heterocycles. The Morgan fingerprint density at radius 1 is 1.42 bits per heavy atom. The molecule has 0 spiro atoms. The van der Waals surface area contributed by atoms with E-state index in [-0.39, 0.29) is 12.5 Å². The van der Waals surface area contributed by atoms with Gasteiger partial charge in [-0.2, -0.15) is 0 Å². The summed E-state index contributed by atoms with van der Waals surface area (Å²) in [6, 6.07) is 0. The lowest BCUT2D eigenvalue weighted by Crippen LogP contribution is -2.32. The number of carboxylic acid groups (broad SMARTS) is 1.